The van der Waals surface area contributed by atoms with Gasteiger partial charge in [-0.1, -0.05) is 32.4 Å². The molecular formula is C24H34N6O6. The Morgan fingerprint density at radius 3 is 2.17 bits per heavy atom. The lowest BCUT2D eigenvalue weighted by Crippen LogP contribution is -2.57. The first-order valence-electron chi connectivity index (χ1n) is 11.7. The normalized spacial score (nSPS) is 15.1. The lowest BCUT2D eigenvalue weighted by Gasteiger charge is -2.24. The monoisotopic (exact) mass is 502 g/mol. The maximum atomic E-state index is 13.1. The minimum absolute atomic E-state index is 0.0152. The average Bonchev–Trinajstić information content (AvgIpc) is 3.36. The van der Waals surface area contributed by atoms with Crippen molar-refractivity contribution in [3.05, 3.63) is 48.0 Å². The highest BCUT2D eigenvalue weighted by Crippen LogP contribution is 2.12. The third-order valence-corrected chi connectivity index (χ3v) is 5.91. The smallest absolute Gasteiger partial charge is 0.326 e. The quantitative estimate of drug-likeness (QED) is 0.196. The standard InChI is InChI=1S/C24H34N6O6/c1-4-13(2)20(25)23(34)28-14(3)21(32)29-18(9-15-5-7-17(31)8-6-15)22(33)30-19(24(35)36)10-16-11-26-12-27-16/h5-8,11-14,18-20,31H,4,9-10,25H2,1-3H3,(H,26,27)(H,28,34)(H,29,32)(H,30,33)(H,35,36). The summed E-state index contributed by atoms with van der Waals surface area (Å²) in [6, 6.07) is 1.81. The fourth-order valence-corrected chi connectivity index (χ4v) is 3.35. The fraction of sp³-hybridized carbons (Fsp3) is 0.458. The fourth-order valence-electron chi connectivity index (χ4n) is 3.35. The summed E-state index contributed by atoms with van der Waals surface area (Å²) < 4.78 is 0. The van der Waals surface area contributed by atoms with Crippen molar-refractivity contribution in [2.75, 3.05) is 0 Å². The van der Waals surface area contributed by atoms with Gasteiger partial charge in [-0.15, -0.1) is 0 Å². The number of aromatic nitrogens is 2. The Morgan fingerprint density at radius 2 is 1.61 bits per heavy atom. The zero-order valence-corrected chi connectivity index (χ0v) is 20.5. The molecule has 1 aromatic carbocycles. The van der Waals surface area contributed by atoms with E-state index in [1.54, 1.807) is 12.1 Å². The van der Waals surface area contributed by atoms with Crippen molar-refractivity contribution in [1.82, 2.24) is 25.9 Å². The van der Waals surface area contributed by atoms with E-state index in [0.29, 0.717) is 17.7 Å². The Morgan fingerprint density at radius 1 is 0.972 bits per heavy atom. The number of amides is 3. The molecule has 2 rings (SSSR count). The van der Waals surface area contributed by atoms with Gasteiger partial charge in [-0.3, -0.25) is 14.4 Å². The predicted octanol–water partition coefficient (Wildman–Crippen LogP) is -0.167. The molecule has 5 atom stereocenters. The predicted molar refractivity (Wildman–Crippen MR) is 131 cm³/mol. The Kier molecular flexibility index (Phi) is 10.4. The zero-order valence-electron chi connectivity index (χ0n) is 20.5. The van der Waals surface area contributed by atoms with Gasteiger partial charge in [0.2, 0.25) is 17.7 Å². The number of benzene rings is 1. The maximum absolute atomic E-state index is 13.1. The topological polar surface area (TPSA) is 200 Å². The van der Waals surface area contributed by atoms with Crippen LogP contribution in [0.1, 0.15) is 38.4 Å². The minimum Gasteiger partial charge on any atom is -0.508 e. The van der Waals surface area contributed by atoms with E-state index in [-0.39, 0.29) is 24.5 Å². The molecular weight excluding hydrogens is 468 g/mol. The number of hydrogen-bond donors (Lipinski definition) is 7. The van der Waals surface area contributed by atoms with Gasteiger partial charge in [-0.05, 0) is 30.5 Å². The van der Waals surface area contributed by atoms with Crippen molar-refractivity contribution in [2.24, 2.45) is 11.7 Å². The number of carboxylic acids is 1. The molecule has 3 amide bonds. The third-order valence-electron chi connectivity index (χ3n) is 5.91. The van der Waals surface area contributed by atoms with Gasteiger partial charge in [0, 0.05) is 24.7 Å². The number of rotatable bonds is 13. The summed E-state index contributed by atoms with van der Waals surface area (Å²) in [4.78, 5) is 56.7. The number of carbonyl (C=O) groups is 4. The van der Waals surface area contributed by atoms with Crippen LogP contribution in [0.5, 0.6) is 5.75 Å². The van der Waals surface area contributed by atoms with Crippen molar-refractivity contribution >= 4 is 23.7 Å². The number of nitrogens with one attached hydrogen (secondary N) is 4. The van der Waals surface area contributed by atoms with Gasteiger partial charge < -0.3 is 36.9 Å². The van der Waals surface area contributed by atoms with E-state index in [2.05, 4.69) is 25.9 Å². The van der Waals surface area contributed by atoms with Gasteiger partial charge in [0.15, 0.2) is 0 Å². The number of hydrogen-bond acceptors (Lipinski definition) is 7. The number of aromatic amines is 1. The van der Waals surface area contributed by atoms with Crippen molar-refractivity contribution in [3.8, 4) is 5.75 Å². The average molecular weight is 503 g/mol. The summed E-state index contributed by atoms with van der Waals surface area (Å²) in [5, 5.41) is 26.7. The van der Waals surface area contributed by atoms with Crippen LogP contribution in [0.4, 0.5) is 0 Å². The van der Waals surface area contributed by atoms with E-state index >= 15 is 0 Å². The number of phenols is 1. The van der Waals surface area contributed by atoms with Crippen LogP contribution < -0.4 is 21.7 Å². The third kappa shape index (κ3) is 8.38. The molecule has 0 aliphatic heterocycles. The van der Waals surface area contributed by atoms with Crippen LogP contribution in [-0.2, 0) is 32.0 Å². The number of carbonyl (C=O) groups excluding carboxylic acids is 3. The van der Waals surface area contributed by atoms with Crippen molar-refractivity contribution in [1.29, 1.82) is 0 Å². The molecule has 0 bridgehead atoms. The molecule has 12 heteroatoms. The maximum Gasteiger partial charge on any atom is 0.326 e. The minimum atomic E-state index is -1.28. The zero-order chi connectivity index (χ0) is 26.8. The first-order valence-corrected chi connectivity index (χ1v) is 11.7. The number of aromatic hydroxyl groups is 1. The van der Waals surface area contributed by atoms with E-state index in [9.17, 15) is 29.4 Å². The molecule has 1 heterocycles. The largest absolute Gasteiger partial charge is 0.508 e. The Balaban J connectivity index is 2.15. The highest BCUT2D eigenvalue weighted by Gasteiger charge is 2.30. The highest BCUT2D eigenvalue weighted by atomic mass is 16.4. The van der Waals surface area contributed by atoms with Crippen LogP contribution in [0, 0.1) is 5.92 Å². The summed E-state index contributed by atoms with van der Waals surface area (Å²) in [7, 11) is 0. The van der Waals surface area contributed by atoms with E-state index in [1.165, 1.54) is 31.6 Å². The van der Waals surface area contributed by atoms with Crippen LogP contribution in [0.3, 0.4) is 0 Å². The lowest BCUT2D eigenvalue weighted by atomic mass is 9.99. The van der Waals surface area contributed by atoms with Gasteiger partial charge in [0.05, 0.1) is 12.4 Å². The summed E-state index contributed by atoms with van der Waals surface area (Å²) >= 11 is 0. The molecule has 0 radical (unpaired) electrons. The van der Waals surface area contributed by atoms with Crippen LogP contribution >= 0.6 is 0 Å². The molecule has 0 spiro atoms. The number of imidazole rings is 1. The van der Waals surface area contributed by atoms with Crippen LogP contribution in [-0.4, -0.2) is 68.0 Å². The molecule has 2 aromatic rings. The first-order chi connectivity index (χ1) is 17.0. The Hall–Kier alpha value is -3.93. The van der Waals surface area contributed by atoms with Crippen LogP contribution in [0.2, 0.25) is 0 Å². The van der Waals surface area contributed by atoms with Gasteiger partial charge in [0.25, 0.3) is 0 Å². The van der Waals surface area contributed by atoms with Crippen molar-refractivity contribution < 1.29 is 29.4 Å². The Labute approximate surface area is 209 Å². The highest BCUT2D eigenvalue weighted by molar-refractivity contribution is 5.94. The molecule has 196 valence electrons. The molecule has 0 aliphatic carbocycles. The van der Waals surface area contributed by atoms with E-state index in [0.717, 1.165) is 0 Å². The van der Waals surface area contributed by atoms with Gasteiger partial charge in [-0.25, -0.2) is 9.78 Å². The lowest BCUT2D eigenvalue weighted by molar-refractivity contribution is -0.142. The molecule has 12 nitrogen and oxygen atoms in total. The number of H-pyrrole nitrogens is 1. The summed E-state index contributed by atoms with van der Waals surface area (Å²) in [6.07, 6.45) is 3.51. The van der Waals surface area contributed by atoms with E-state index in [1.807, 2.05) is 13.8 Å². The van der Waals surface area contributed by atoms with Crippen LogP contribution in [0.25, 0.3) is 0 Å². The molecule has 1 aromatic heterocycles. The number of nitrogens with zero attached hydrogens (tertiary/aromatic N) is 1. The van der Waals surface area contributed by atoms with Gasteiger partial charge in [0.1, 0.15) is 23.9 Å². The molecule has 0 saturated heterocycles. The van der Waals surface area contributed by atoms with Gasteiger partial charge >= 0.3 is 5.97 Å². The van der Waals surface area contributed by atoms with Crippen LogP contribution in [0.15, 0.2) is 36.8 Å². The van der Waals surface area contributed by atoms with E-state index in [4.69, 9.17) is 5.73 Å². The second-order valence-corrected chi connectivity index (χ2v) is 8.75. The molecule has 8 N–H and O–H groups in total. The Bertz CT molecular complexity index is 1030. The number of phenolic OH excluding ortho intramolecular Hbond substituents is 1. The second-order valence-electron chi connectivity index (χ2n) is 8.75. The second kappa shape index (κ2) is 13.2. The summed E-state index contributed by atoms with van der Waals surface area (Å²) in [5.41, 5.74) is 7.06. The number of carboxylic acid groups (broad SMARTS) is 1. The van der Waals surface area contributed by atoms with Gasteiger partial charge in [-0.2, -0.15) is 0 Å². The number of aliphatic carboxylic acids is 1. The molecule has 36 heavy (non-hydrogen) atoms. The molecule has 0 aliphatic rings. The van der Waals surface area contributed by atoms with Crippen molar-refractivity contribution in [3.63, 3.8) is 0 Å². The van der Waals surface area contributed by atoms with Crippen molar-refractivity contribution in [2.45, 2.75) is 64.2 Å². The molecule has 0 saturated carbocycles. The molecule has 5 unspecified atom stereocenters. The summed E-state index contributed by atoms with van der Waals surface area (Å²) in [5.74, 6) is -3.17. The molecule has 0 fully saturated rings. The SMILES string of the molecule is CCC(C)C(N)C(=O)NC(C)C(=O)NC(Cc1ccc(O)cc1)C(=O)NC(Cc1cnc[nH]1)C(=O)O. The summed E-state index contributed by atoms with van der Waals surface area (Å²) in [6.45, 7) is 5.19. The first kappa shape index (κ1) is 28.3. The number of nitrogens with two attached hydrogens (primary N) is 1. The van der Waals surface area contributed by atoms with E-state index < -0.39 is 47.9 Å².